The largest absolute Gasteiger partial charge is 0.388 e. The van der Waals surface area contributed by atoms with Crippen molar-refractivity contribution in [2.24, 2.45) is 0 Å². The molecule has 1 aliphatic rings. The van der Waals surface area contributed by atoms with Crippen molar-refractivity contribution in [3.05, 3.63) is 22.2 Å². The molecule has 0 bridgehead atoms. The van der Waals surface area contributed by atoms with Gasteiger partial charge in [-0.2, -0.15) is 0 Å². The Morgan fingerprint density at radius 1 is 1.47 bits per heavy atom. The molecular weight excluding hydrogens is 248 g/mol. The van der Waals surface area contributed by atoms with Gasteiger partial charge in [-0.3, -0.25) is 10.1 Å². The van der Waals surface area contributed by atoms with Crippen molar-refractivity contribution in [3.8, 4) is 0 Å². The fraction of sp³-hybridized carbons (Fsp3) is 0.583. The summed E-state index contributed by atoms with van der Waals surface area (Å²) in [6.45, 7) is 2.90. The number of aliphatic hydroxyl groups is 1. The predicted molar refractivity (Wildman–Crippen MR) is 72.3 cm³/mol. The van der Waals surface area contributed by atoms with E-state index in [-0.39, 0.29) is 18.1 Å². The van der Waals surface area contributed by atoms with Crippen molar-refractivity contribution in [1.29, 1.82) is 0 Å². The Kier molecular flexibility index (Phi) is 3.84. The zero-order valence-electron chi connectivity index (χ0n) is 10.8. The Bertz CT molecular complexity index is 474. The minimum Gasteiger partial charge on any atom is -0.388 e. The Hall–Kier alpha value is -1.89. The van der Waals surface area contributed by atoms with Crippen molar-refractivity contribution >= 4 is 17.3 Å². The highest BCUT2D eigenvalue weighted by Crippen LogP contribution is 2.32. The van der Waals surface area contributed by atoms with Crippen LogP contribution in [0.4, 0.5) is 17.3 Å². The van der Waals surface area contributed by atoms with Crippen LogP contribution in [0.5, 0.6) is 0 Å². The van der Waals surface area contributed by atoms with Gasteiger partial charge in [0.1, 0.15) is 5.82 Å². The number of anilines is 2. The van der Waals surface area contributed by atoms with Gasteiger partial charge in [0.05, 0.1) is 10.5 Å². The van der Waals surface area contributed by atoms with E-state index in [0.29, 0.717) is 12.4 Å². The number of hydrogen-bond donors (Lipinski definition) is 3. The number of pyridine rings is 1. The third kappa shape index (κ3) is 3.11. The fourth-order valence-electron chi connectivity index (χ4n) is 2.02. The number of aromatic nitrogens is 1. The minimum atomic E-state index is -0.746. The summed E-state index contributed by atoms with van der Waals surface area (Å²) >= 11 is 0. The van der Waals surface area contributed by atoms with E-state index in [9.17, 15) is 15.2 Å². The Balaban J connectivity index is 2.14. The van der Waals surface area contributed by atoms with Crippen LogP contribution in [0.2, 0.25) is 0 Å². The van der Waals surface area contributed by atoms with E-state index in [4.69, 9.17) is 0 Å². The van der Waals surface area contributed by atoms with Crippen molar-refractivity contribution in [1.82, 2.24) is 4.98 Å². The first kappa shape index (κ1) is 13.5. The smallest absolute Gasteiger partial charge is 0.311 e. The van der Waals surface area contributed by atoms with Gasteiger partial charge in [-0.15, -0.1) is 0 Å². The van der Waals surface area contributed by atoms with Crippen molar-refractivity contribution in [2.75, 3.05) is 23.7 Å². The number of nitro groups is 1. The predicted octanol–water partition coefficient (Wildman–Crippen LogP) is 1.75. The average Bonchev–Trinajstić information content (AvgIpc) is 2.34. The number of rotatable bonds is 6. The summed E-state index contributed by atoms with van der Waals surface area (Å²) in [5.41, 5.74) is -0.825. The molecule has 1 aromatic heterocycles. The van der Waals surface area contributed by atoms with Crippen molar-refractivity contribution in [3.63, 3.8) is 0 Å². The molecule has 7 heteroatoms. The van der Waals surface area contributed by atoms with E-state index in [1.165, 1.54) is 6.07 Å². The Morgan fingerprint density at radius 2 is 2.21 bits per heavy atom. The summed E-state index contributed by atoms with van der Waals surface area (Å²) < 4.78 is 0. The molecule has 3 N–H and O–H groups in total. The van der Waals surface area contributed by atoms with Gasteiger partial charge < -0.3 is 15.7 Å². The summed E-state index contributed by atoms with van der Waals surface area (Å²) in [5.74, 6) is 0.778. The molecular formula is C12H18N4O3. The lowest BCUT2D eigenvalue weighted by Crippen LogP contribution is -2.43. The van der Waals surface area contributed by atoms with Crippen LogP contribution in [-0.4, -0.2) is 33.7 Å². The molecule has 1 heterocycles. The summed E-state index contributed by atoms with van der Waals surface area (Å²) in [5, 5.41) is 26.8. The molecule has 0 aliphatic heterocycles. The first-order valence-corrected chi connectivity index (χ1v) is 6.40. The van der Waals surface area contributed by atoms with Crippen LogP contribution >= 0.6 is 0 Å². The number of hydrogen-bond acceptors (Lipinski definition) is 6. The van der Waals surface area contributed by atoms with E-state index < -0.39 is 10.5 Å². The monoisotopic (exact) mass is 266 g/mol. The lowest BCUT2D eigenvalue weighted by atomic mass is 9.80. The van der Waals surface area contributed by atoms with E-state index in [2.05, 4.69) is 15.6 Å². The maximum atomic E-state index is 10.9. The number of nitrogens with zero attached hydrogens (tertiary/aromatic N) is 2. The zero-order chi connectivity index (χ0) is 13.9. The molecule has 1 saturated carbocycles. The second kappa shape index (κ2) is 5.40. The van der Waals surface area contributed by atoms with Crippen LogP contribution in [0.15, 0.2) is 12.1 Å². The van der Waals surface area contributed by atoms with Gasteiger partial charge in [0.15, 0.2) is 0 Å². The summed E-state index contributed by atoms with van der Waals surface area (Å²) in [7, 11) is 0. The molecule has 0 spiro atoms. The van der Waals surface area contributed by atoms with Crippen LogP contribution < -0.4 is 10.6 Å². The molecule has 0 radical (unpaired) electrons. The third-order valence-electron chi connectivity index (χ3n) is 3.30. The normalized spacial score (nSPS) is 16.5. The van der Waals surface area contributed by atoms with E-state index in [1.54, 1.807) is 6.07 Å². The van der Waals surface area contributed by atoms with Crippen molar-refractivity contribution < 1.29 is 10.0 Å². The lowest BCUT2D eigenvalue weighted by molar-refractivity contribution is -0.384. The first-order chi connectivity index (χ1) is 9.04. The quantitative estimate of drug-likeness (QED) is 0.535. The zero-order valence-corrected chi connectivity index (χ0v) is 10.8. The molecule has 19 heavy (non-hydrogen) atoms. The molecule has 0 atom stereocenters. The van der Waals surface area contributed by atoms with Gasteiger partial charge in [0.2, 0.25) is 5.82 Å². The minimum absolute atomic E-state index is 0.0791. The van der Waals surface area contributed by atoms with E-state index in [1.807, 2.05) is 6.92 Å². The maximum Gasteiger partial charge on any atom is 0.311 e. The van der Waals surface area contributed by atoms with Crippen molar-refractivity contribution in [2.45, 2.75) is 31.8 Å². The molecule has 1 fully saturated rings. The standard InChI is InChI=1S/C12H18N4O3/c1-2-13-10-5-4-9(16(18)19)11(15-10)14-8-12(17)6-3-7-12/h4-5,17H,2-3,6-8H2,1H3,(H2,13,14,15). The molecule has 0 unspecified atom stereocenters. The van der Waals surface area contributed by atoms with E-state index in [0.717, 1.165) is 19.3 Å². The molecule has 1 aliphatic carbocycles. The van der Waals surface area contributed by atoms with Gasteiger partial charge in [-0.25, -0.2) is 4.98 Å². The van der Waals surface area contributed by atoms with Crippen LogP contribution in [0.1, 0.15) is 26.2 Å². The Labute approximate surface area is 111 Å². The summed E-state index contributed by atoms with van der Waals surface area (Å²) in [6.07, 6.45) is 2.44. The second-order valence-corrected chi connectivity index (χ2v) is 4.78. The molecule has 0 saturated heterocycles. The molecule has 7 nitrogen and oxygen atoms in total. The second-order valence-electron chi connectivity index (χ2n) is 4.78. The van der Waals surface area contributed by atoms with Gasteiger partial charge in [-0.05, 0) is 32.3 Å². The van der Waals surface area contributed by atoms with Crippen LogP contribution in [0.3, 0.4) is 0 Å². The molecule has 0 amide bonds. The highest BCUT2D eigenvalue weighted by molar-refractivity contribution is 5.60. The molecule has 104 valence electrons. The molecule has 0 aromatic carbocycles. The highest BCUT2D eigenvalue weighted by Gasteiger charge is 2.34. The molecule has 2 rings (SSSR count). The number of nitrogens with one attached hydrogen (secondary N) is 2. The average molecular weight is 266 g/mol. The van der Waals surface area contributed by atoms with Crippen LogP contribution in [-0.2, 0) is 0 Å². The lowest BCUT2D eigenvalue weighted by Gasteiger charge is -2.36. The summed E-state index contributed by atoms with van der Waals surface area (Å²) in [6, 6.07) is 2.99. The topological polar surface area (TPSA) is 100 Å². The fourth-order valence-corrected chi connectivity index (χ4v) is 2.02. The van der Waals surface area contributed by atoms with Gasteiger partial charge in [-0.1, -0.05) is 0 Å². The van der Waals surface area contributed by atoms with E-state index >= 15 is 0 Å². The van der Waals surface area contributed by atoms with Gasteiger partial charge in [0.25, 0.3) is 0 Å². The van der Waals surface area contributed by atoms with Crippen LogP contribution in [0, 0.1) is 10.1 Å². The molecule has 1 aromatic rings. The highest BCUT2D eigenvalue weighted by atomic mass is 16.6. The van der Waals surface area contributed by atoms with Crippen LogP contribution in [0.25, 0.3) is 0 Å². The maximum absolute atomic E-state index is 10.9. The van der Waals surface area contributed by atoms with Gasteiger partial charge >= 0.3 is 5.69 Å². The summed E-state index contributed by atoms with van der Waals surface area (Å²) in [4.78, 5) is 14.6. The van der Waals surface area contributed by atoms with Gasteiger partial charge in [0, 0.05) is 19.2 Å². The third-order valence-corrected chi connectivity index (χ3v) is 3.30. The Morgan fingerprint density at radius 3 is 2.74 bits per heavy atom. The first-order valence-electron chi connectivity index (χ1n) is 6.40. The SMILES string of the molecule is CCNc1ccc([N+](=O)[O-])c(NCC2(O)CCC2)n1.